The molecule has 0 N–H and O–H groups in total. The van der Waals surface area contributed by atoms with Gasteiger partial charge in [0.2, 0.25) is 0 Å². The molecule has 0 bridgehead atoms. The van der Waals surface area contributed by atoms with Crippen LogP contribution in [-0.2, 0) is 0 Å². The van der Waals surface area contributed by atoms with Crippen LogP contribution in [0.2, 0.25) is 0 Å². The molecule has 0 amide bonds. The quantitative estimate of drug-likeness (QED) is 0.464. The molecular formula is C6H11N3. The minimum Gasteiger partial charge on any atom is -0.342 e. The van der Waals surface area contributed by atoms with Gasteiger partial charge in [-0.3, -0.25) is 4.99 Å². The summed E-state index contributed by atoms with van der Waals surface area (Å²) >= 11 is 0. The molecule has 0 atom stereocenters. The molecule has 3 nitrogen and oxygen atoms in total. The molecular weight excluding hydrogens is 114 g/mol. The molecule has 0 aromatic rings. The molecule has 9 heavy (non-hydrogen) atoms. The third-order valence-electron chi connectivity index (χ3n) is 1.40. The molecule has 3 heteroatoms. The van der Waals surface area contributed by atoms with Gasteiger partial charge in [-0.05, 0) is 0 Å². The molecule has 0 radical (unpaired) electrons. The Morgan fingerprint density at radius 2 is 2.33 bits per heavy atom. The topological polar surface area (TPSA) is 18.8 Å². The Labute approximate surface area is 55.3 Å². The summed E-state index contributed by atoms with van der Waals surface area (Å²) < 4.78 is 0. The van der Waals surface area contributed by atoms with Crippen molar-refractivity contribution in [2.24, 2.45) is 4.99 Å². The summed E-state index contributed by atoms with van der Waals surface area (Å²) in [6.45, 7) is 4.56. The van der Waals surface area contributed by atoms with Gasteiger partial charge in [-0.1, -0.05) is 6.58 Å². The molecule has 1 rings (SSSR count). The maximum atomic E-state index is 4.06. The van der Waals surface area contributed by atoms with Gasteiger partial charge in [0.05, 0.1) is 6.34 Å². The molecule has 0 aromatic carbocycles. The Balaban J connectivity index is 2.69. The second-order valence-corrected chi connectivity index (χ2v) is 2.16. The summed E-state index contributed by atoms with van der Waals surface area (Å²) in [7, 11) is 3.90. The molecule has 0 aromatic heterocycles. The Morgan fingerprint density at radius 1 is 1.67 bits per heavy atom. The summed E-state index contributed by atoms with van der Waals surface area (Å²) in [4.78, 5) is 7.93. The van der Waals surface area contributed by atoms with Crippen molar-refractivity contribution in [3.05, 3.63) is 12.4 Å². The highest BCUT2D eigenvalue weighted by molar-refractivity contribution is 5.58. The van der Waals surface area contributed by atoms with Crippen molar-refractivity contribution >= 4 is 6.34 Å². The molecule has 0 aliphatic carbocycles. The van der Waals surface area contributed by atoms with Crippen molar-refractivity contribution in [1.29, 1.82) is 0 Å². The van der Waals surface area contributed by atoms with E-state index in [1.54, 1.807) is 6.34 Å². The molecule has 1 aliphatic heterocycles. The van der Waals surface area contributed by atoms with Crippen LogP contribution in [0.3, 0.4) is 0 Å². The first-order valence-corrected chi connectivity index (χ1v) is 2.84. The number of hydrogen-bond acceptors (Lipinski definition) is 3. The maximum Gasteiger partial charge on any atom is 0.112 e. The van der Waals surface area contributed by atoms with E-state index in [9.17, 15) is 0 Å². The summed E-state index contributed by atoms with van der Waals surface area (Å²) in [6.07, 6.45) is 1.78. The normalized spacial score (nSPS) is 19.1. The highest BCUT2D eigenvalue weighted by Crippen LogP contribution is 2.04. The van der Waals surface area contributed by atoms with Gasteiger partial charge in [0, 0.05) is 14.1 Å². The average Bonchev–Trinajstić information content (AvgIpc) is 1.83. The van der Waals surface area contributed by atoms with Crippen LogP contribution >= 0.6 is 0 Å². The largest absolute Gasteiger partial charge is 0.342 e. The van der Waals surface area contributed by atoms with E-state index in [4.69, 9.17) is 0 Å². The van der Waals surface area contributed by atoms with Gasteiger partial charge >= 0.3 is 0 Å². The fourth-order valence-electron chi connectivity index (χ4n) is 0.699. The van der Waals surface area contributed by atoms with Crippen molar-refractivity contribution in [3.8, 4) is 0 Å². The number of hydrogen-bond donors (Lipinski definition) is 0. The van der Waals surface area contributed by atoms with E-state index < -0.39 is 0 Å². The number of rotatable bonds is 0. The van der Waals surface area contributed by atoms with Gasteiger partial charge < -0.3 is 9.80 Å². The zero-order valence-electron chi connectivity index (χ0n) is 5.83. The zero-order valence-corrected chi connectivity index (χ0v) is 5.83. The van der Waals surface area contributed by atoms with Gasteiger partial charge in [-0.2, -0.15) is 0 Å². The number of aliphatic imine (C=N–C) groups is 1. The smallest absolute Gasteiger partial charge is 0.112 e. The molecule has 0 unspecified atom stereocenters. The summed E-state index contributed by atoms with van der Waals surface area (Å²) in [5.41, 5.74) is 0. The van der Waals surface area contributed by atoms with Gasteiger partial charge in [0.15, 0.2) is 0 Å². The average molecular weight is 125 g/mol. The SMILES string of the molecule is C=C1N(C)C=NCN1C. The predicted molar refractivity (Wildman–Crippen MR) is 38.0 cm³/mol. The van der Waals surface area contributed by atoms with Crippen LogP contribution in [0.5, 0.6) is 0 Å². The maximum absolute atomic E-state index is 4.06. The van der Waals surface area contributed by atoms with Crippen molar-refractivity contribution in [3.63, 3.8) is 0 Å². The minimum atomic E-state index is 0.725. The minimum absolute atomic E-state index is 0.725. The molecule has 50 valence electrons. The lowest BCUT2D eigenvalue weighted by molar-refractivity contribution is 0.327. The second kappa shape index (κ2) is 2.09. The summed E-state index contributed by atoms with van der Waals surface area (Å²) in [5.74, 6) is 0.991. The Hall–Kier alpha value is -0.990. The van der Waals surface area contributed by atoms with E-state index in [0.29, 0.717) is 0 Å². The van der Waals surface area contributed by atoms with Crippen molar-refractivity contribution in [2.75, 3.05) is 20.8 Å². The molecule has 0 fully saturated rings. The number of nitrogens with zero attached hydrogens (tertiary/aromatic N) is 3. The first-order valence-electron chi connectivity index (χ1n) is 2.84. The van der Waals surface area contributed by atoms with E-state index >= 15 is 0 Å². The molecule has 1 aliphatic rings. The van der Waals surface area contributed by atoms with E-state index in [1.165, 1.54) is 0 Å². The van der Waals surface area contributed by atoms with Crippen molar-refractivity contribution < 1.29 is 0 Å². The fourth-order valence-corrected chi connectivity index (χ4v) is 0.699. The molecule has 0 saturated carbocycles. The molecule has 1 heterocycles. The van der Waals surface area contributed by atoms with Crippen LogP contribution < -0.4 is 0 Å². The highest BCUT2D eigenvalue weighted by Gasteiger charge is 2.07. The van der Waals surface area contributed by atoms with Gasteiger partial charge in [0.25, 0.3) is 0 Å². The molecule has 0 spiro atoms. The van der Waals surface area contributed by atoms with E-state index in [0.717, 1.165) is 12.5 Å². The Bertz CT molecular complexity index is 150. The van der Waals surface area contributed by atoms with Crippen LogP contribution in [0.25, 0.3) is 0 Å². The van der Waals surface area contributed by atoms with Crippen LogP contribution in [0.4, 0.5) is 0 Å². The Kier molecular flexibility index (Phi) is 1.42. The van der Waals surface area contributed by atoms with Gasteiger partial charge in [0.1, 0.15) is 12.5 Å². The van der Waals surface area contributed by atoms with Crippen LogP contribution in [-0.4, -0.2) is 36.9 Å². The summed E-state index contributed by atoms with van der Waals surface area (Å²) in [6, 6.07) is 0. The van der Waals surface area contributed by atoms with E-state index in [-0.39, 0.29) is 0 Å². The van der Waals surface area contributed by atoms with E-state index in [2.05, 4.69) is 11.6 Å². The second-order valence-electron chi connectivity index (χ2n) is 2.16. The Morgan fingerprint density at radius 3 is 2.78 bits per heavy atom. The lowest BCUT2D eigenvalue weighted by atomic mass is 10.6. The van der Waals surface area contributed by atoms with E-state index in [1.807, 2.05) is 23.9 Å². The summed E-state index contributed by atoms with van der Waals surface area (Å²) in [5, 5.41) is 0. The van der Waals surface area contributed by atoms with Gasteiger partial charge in [-0.25, -0.2) is 0 Å². The third kappa shape index (κ3) is 1.04. The first kappa shape index (κ1) is 6.13. The van der Waals surface area contributed by atoms with Crippen molar-refractivity contribution in [2.45, 2.75) is 0 Å². The van der Waals surface area contributed by atoms with Gasteiger partial charge in [-0.15, -0.1) is 0 Å². The standard InChI is InChI=1S/C6H11N3/c1-6-8(2)4-7-5-9(6)3/h4H,1,5H2,2-3H3. The lowest BCUT2D eigenvalue weighted by Gasteiger charge is -2.29. The van der Waals surface area contributed by atoms with Crippen LogP contribution in [0, 0.1) is 0 Å². The zero-order chi connectivity index (χ0) is 6.85. The highest BCUT2D eigenvalue weighted by atomic mass is 15.4. The fraction of sp³-hybridized carbons (Fsp3) is 0.500. The molecule has 0 saturated heterocycles. The van der Waals surface area contributed by atoms with Crippen LogP contribution in [0.1, 0.15) is 0 Å². The first-order chi connectivity index (χ1) is 4.22. The lowest BCUT2D eigenvalue weighted by Crippen LogP contribution is -2.33. The third-order valence-corrected chi connectivity index (χ3v) is 1.40. The monoisotopic (exact) mass is 125 g/mol. The van der Waals surface area contributed by atoms with Crippen LogP contribution in [0.15, 0.2) is 17.4 Å². The van der Waals surface area contributed by atoms with Crippen molar-refractivity contribution in [1.82, 2.24) is 9.80 Å². The predicted octanol–water partition coefficient (Wildman–Crippen LogP) is 0.321.